The van der Waals surface area contributed by atoms with E-state index in [1.807, 2.05) is 50.2 Å². The van der Waals surface area contributed by atoms with Crippen molar-refractivity contribution in [1.29, 1.82) is 0 Å². The molecular formula is C19H20N2O2S. The van der Waals surface area contributed by atoms with E-state index in [0.29, 0.717) is 10.9 Å². The largest absolute Gasteiger partial charge is 0.478 e. The second-order valence-electron chi connectivity index (χ2n) is 6.28. The van der Waals surface area contributed by atoms with Gasteiger partial charge in [0.25, 0.3) is 5.91 Å². The number of amides is 1. The van der Waals surface area contributed by atoms with Crippen LogP contribution in [0.25, 0.3) is 10.2 Å². The van der Waals surface area contributed by atoms with Crippen LogP contribution in [0.2, 0.25) is 0 Å². The molecule has 1 heterocycles. The summed E-state index contributed by atoms with van der Waals surface area (Å²) in [5, 5.41) is 3.48. The van der Waals surface area contributed by atoms with Crippen molar-refractivity contribution in [1.82, 2.24) is 4.98 Å². The SMILES string of the molecule is Cc1ccc(C)c2sc(NC(=O)C(C)(C)Oc3ccccc3)nc12. The number of hydrogen-bond acceptors (Lipinski definition) is 4. The summed E-state index contributed by atoms with van der Waals surface area (Å²) < 4.78 is 6.93. The molecule has 0 atom stereocenters. The zero-order valence-electron chi connectivity index (χ0n) is 14.2. The van der Waals surface area contributed by atoms with Crippen LogP contribution in [-0.2, 0) is 4.79 Å². The molecule has 124 valence electrons. The van der Waals surface area contributed by atoms with Gasteiger partial charge in [-0.2, -0.15) is 0 Å². The molecule has 0 bridgehead atoms. The van der Waals surface area contributed by atoms with Crippen LogP contribution in [0.3, 0.4) is 0 Å². The first-order valence-electron chi connectivity index (χ1n) is 7.79. The molecule has 0 fully saturated rings. The molecule has 0 radical (unpaired) electrons. The molecule has 0 saturated heterocycles. The predicted molar refractivity (Wildman–Crippen MR) is 98.9 cm³/mol. The summed E-state index contributed by atoms with van der Waals surface area (Å²) in [6, 6.07) is 13.4. The van der Waals surface area contributed by atoms with Crippen molar-refractivity contribution < 1.29 is 9.53 Å². The van der Waals surface area contributed by atoms with Crippen molar-refractivity contribution in [3.63, 3.8) is 0 Å². The highest BCUT2D eigenvalue weighted by Crippen LogP contribution is 2.31. The highest BCUT2D eigenvalue weighted by Gasteiger charge is 2.30. The number of carbonyl (C=O) groups is 1. The maximum absolute atomic E-state index is 12.6. The third kappa shape index (κ3) is 3.26. The molecule has 0 aliphatic rings. The second-order valence-corrected chi connectivity index (χ2v) is 7.27. The number of nitrogens with zero attached hydrogens (tertiary/aromatic N) is 1. The number of anilines is 1. The third-order valence-corrected chi connectivity index (χ3v) is 4.93. The van der Waals surface area contributed by atoms with Gasteiger partial charge in [0, 0.05) is 0 Å². The van der Waals surface area contributed by atoms with Crippen molar-refractivity contribution in [2.45, 2.75) is 33.3 Å². The fourth-order valence-corrected chi connectivity index (χ4v) is 3.40. The molecule has 3 rings (SSSR count). The van der Waals surface area contributed by atoms with Gasteiger partial charge in [-0.05, 0) is 51.0 Å². The van der Waals surface area contributed by atoms with Crippen molar-refractivity contribution >= 4 is 32.6 Å². The first kappa shape index (κ1) is 16.5. The third-order valence-electron chi connectivity index (χ3n) is 3.83. The minimum atomic E-state index is -0.997. The fourth-order valence-electron chi connectivity index (χ4n) is 2.39. The van der Waals surface area contributed by atoms with Crippen molar-refractivity contribution in [3.05, 3.63) is 53.6 Å². The minimum Gasteiger partial charge on any atom is -0.478 e. The van der Waals surface area contributed by atoms with E-state index in [0.717, 1.165) is 21.3 Å². The zero-order chi connectivity index (χ0) is 17.3. The molecular weight excluding hydrogens is 320 g/mol. The number of hydrogen-bond donors (Lipinski definition) is 1. The molecule has 0 aliphatic heterocycles. The fraction of sp³-hybridized carbons (Fsp3) is 0.263. The molecule has 1 N–H and O–H groups in total. The van der Waals surface area contributed by atoms with E-state index in [1.54, 1.807) is 13.8 Å². The van der Waals surface area contributed by atoms with E-state index in [4.69, 9.17) is 4.74 Å². The number of carbonyl (C=O) groups excluding carboxylic acids is 1. The molecule has 2 aromatic carbocycles. The van der Waals surface area contributed by atoms with Crippen LogP contribution in [0.1, 0.15) is 25.0 Å². The van der Waals surface area contributed by atoms with Gasteiger partial charge in [0.15, 0.2) is 10.7 Å². The number of aromatic nitrogens is 1. The quantitative estimate of drug-likeness (QED) is 0.748. The Kier molecular flexibility index (Phi) is 4.28. The smallest absolute Gasteiger partial charge is 0.269 e. The second kappa shape index (κ2) is 6.24. The van der Waals surface area contributed by atoms with Gasteiger partial charge in [-0.3, -0.25) is 10.1 Å². The minimum absolute atomic E-state index is 0.222. The number of ether oxygens (including phenoxy) is 1. The van der Waals surface area contributed by atoms with Gasteiger partial charge >= 0.3 is 0 Å². The summed E-state index contributed by atoms with van der Waals surface area (Å²) >= 11 is 1.49. The maximum atomic E-state index is 12.6. The average molecular weight is 340 g/mol. The zero-order valence-corrected chi connectivity index (χ0v) is 15.0. The Hall–Kier alpha value is -2.40. The highest BCUT2D eigenvalue weighted by molar-refractivity contribution is 7.22. The van der Waals surface area contributed by atoms with Gasteiger partial charge in [0.2, 0.25) is 0 Å². The van der Waals surface area contributed by atoms with Gasteiger partial charge in [-0.1, -0.05) is 41.7 Å². The molecule has 4 nitrogen and oxygen atoms in total. The Morgan fingerprint density at radius 3 is 2.42 bits per heavy atom. The Morgan fingerprint density at radius 1 is 1.08 bits per heavy atom. The molecule has 0 saturated carbocycles. The topological polar surface area (TPSA) is 51.2 Å². The van der Waals surface area contributed by atoms with Gasteiger partial charge < -0.3 is 4.74 Å². The number of nitrogens with one attached hydrogen (secondary N) is 1. The van der Waals surface area contributed by atoms with E-state index < -0.39 is 5.60 Å². The molecule has 24 heavy (non-hydrogen) atoms. The van der Waals surface area contributed by atoms with E-state index >= 15 is 0 Å². The van der Waals surface area contributed by atoms with Crippen molar-refractivity contribution in [2.24, 2.45) is 0 Å². The first-order valence-corrected chi connectivity index (χ1v) is 8.61. The van der Waals surface area contributed by atoms with Crippen LogP contribution in [0.15, 0.2) is 42.5 Å². The molecule has 1 aromatic heterocycles. The van der Waals surface area contributed by atoms with Crippen LogP contribution in [-0.4, -0.2) is 16.5 Å². The van der Waals surface area contributed by atoms with E-state index in [1.165, 1.54) is 11.3 Å². The van der Waals surface area contributed by atoms with Gasteiger partial charge in [0.05, 0.1) is 10.2 Å². The summed E-state index contributed by atoms with van der Waals surface area (Å²) in [5.74, 6) is 0.439. The highest BCUT2D eigenvalue weighted by atomic mass is 32.1. The number of benzene rings is 2. The molecule has 0 unspecified atom stereocenters. The van der Waals surface area contributed by atoms with E-state index in [9.17, 15) is 4.79 Å². The lowest BCUT2D eigenvalue weighted by Crippen LogP contribution is -2.42. The van der Waals surface area contributed by atoms with Gasteiger partial charge in [-0.25, -0.2) is 4.98 Å². The monoisotopic (exact) mass is 340 g/mol. The van der Waals surface area contributed by atoms with Crippen LogP contribution in [0, 0.1) is 13.8 Å². The summed E-state index contributed by atoms with van der Waals surface area (Å²) in [4.78, 5) is 17.2. The van der Waals surface area contributed by atoms with E-state index in [2.05, 4.69) is 16.4 Å². The summed E-state index contributed by atoms with van der Waals surface area (Å²) in [5.41, 5.74) is 2.21. The lowest BCUT2D eigenvalue weighted by atomic mass is 10.1. The maximum Gasteiger partial charge on any atom is 0.269 e. The Morgan fingerprint density at radius 2 is 1.75 bits per heavy atom. The van der Waals surface area contributed by atoms with E-state index in [-0.39, 0.29) is 5.91 Å². The summed E-state index contributed by atoms with van der Waals surface area (Å²) in [6.07, 6.45) is 0. The van der Waals surface area contributed by atoms with Crippen LogP contribution in [0.4, 0.5) is 5.13 Å². The summed E-state index contributed by atoms with van der Waals surface area (Å²) in [6.45, 7) is 7.57. The first-order chi connectivity index (χ1) is 11.4. The number of fused-ring (bicyclic) bond motifs is 1. The molecule has 0 spiro atoms. The van der Waals surface area contributed by atoms with Crippen molar-refractivity contribution in [2.75, 3.05) is 5.32 Å². The number of thiazole rings is 1. The van der Waals surface area contributed by atoms with Crippen LogP contribution >= 0.6 is 11.3 Å². The van der Waals surface area contributed by atoms with Gasteiger partial charge in [-0.15, -0.1) is 0 Å². The van der Waals surface area contributed by atoms with Crippen LogP contribution < -0.4 is 10.1 Å². The Bertz CT molecular complexity index is 846. The van der Waals surface area contributed by atoms with Crippen LogP contribution in [0.5, 0.6) is 5.75 Å². The molecule has 0 aliphatic carbocycles. The lowest BCUT2D eigenvalue weighted by molar-refractivity contribution is -0.128. The lowest BCUT2D eigenvalue weighted by Gasteiger charge is -2.24. The number of para-hydroxylation sites is 1. The molecule has 5 heteroatoms. The number of aryl methyl sites for hydroxylation is 2. The Labute approximate surface area is 145 Å². The summed E-state index contributed by atoms with van der Waals surface area (Å²) in [7, 11) is 0. The van der Waals surface area contributed by atoms with Crippen molar-refractivity contribution in [3.8, 4) is 5.75 Å². The standard InChI is InChI=1S/C19H20N2O2S/c1-12-10-11-13(2)16-15(12)20-18(24-16)21-17(22)19(3,4)23-14-8-6-5-7-9-14/h5-11H,1-4H3,(H,20,21,22). The average Bonchev–Trinajstić information content (AvgIpc) is 2.97. The number of rotatable bonds is 4. The Balaban J connectivity index is 1.81. The van der Waals surface area contributed by atoms with Gasteiger partial charge in [0.1, 0.15) is 5.75 Å². The molecule has 3 aromatic rings. The predicted octanol–water partition coefficient (Wildman–Crippen LogP) is 4.71. The normalized spacial score (nSPS) is 11.5. The molecule has 1 amide bonds.